The van der Waals surface area contributed by atoms with Crippen molar-refractivity contribution in [2.24, 2.45) is 0 Å². The number of rotatable bonds is 6. The van der Waals surface area contributed by atoms with Crippen LogP contribution in [-0.2, 0) is 6.54 Å². The van der Waals surface area contributed by atoms with Crippen molar-refractivity contribution in [1.29, 1.82) is 0 Å². The molecular formula is C21H26N6. The molecule has 0 spiro atoms. The maximum Gasteiger partial charge on any atom is 0.123 e. The largest absolute Gasteiger partial charge is 0.307 e. The summed E-state index contributed by atoms with van der Waals surface area (Å²) in [7, 11) is 0. The molecule has 3 aromatic rings. The maximum absolute atomic E-state index is 4.44. The van der Waals surface area contributed by atoms with Crippen LogP contribution in [0.25, 0.3) is 5.69 Å². The van der Waals surface area contributed by atoms with E-state index in [1.54, 1.807) is 12.7 Å². The lowest BCUT2D eigenvalue weighted by Gasteiger charge is -2.34. The van der Waals surface area contributed by atoms with Gasteiger partial charge in [-0.15, -0.1) is 10.2 Å². The third-order valence-electron chi connectivity index (χ3n) is 5.27. The lowest BCUT2D eigenvalue weighted by atomic mass is 10.0. The van der Waals surface area contributed by atoms with E-state index in [0.717, 1.165) is 31.0 Å². The number of pyridine rings is 1. The van der Waals surface area contributed by atoms with E-state index >= 15 is 0 Å². The summed E-state index contributed by atoms with van der Waals surface area (Å²) < 4.78 is 1.94. The number of nitrogens with zero attached hydrogens (tertiary/aromatic N) is 5. The zero-order valence-corrected chi connectivity index (χ0v) is 15.7. The van der Waals surface area contributed by atoms with Crippen molar-refractivity contribution in [3.63, 3.8) is 0 Å². The molecule has 0 saturated carbocycles. The number of hydrogen-bond acceptors (Lipinski definition) is 5. The molecule has 1 saturated heterocycles. The second kappa shape index (κ2) is 8.41. The Labute approximate surface area is 160 Å². The Bertz CT molecular complexity index is 825. The van der Waals surface area contributed by atoms with Crippen molar-refractivity contribution < 1.29 is 0 Å². The highest BCUT2D eigenvalue weighted by Crippen LogP contribution is 2.20. The number of aromatic nitrogens is 4. The van der Waals surface area contributed by atoms with Crippen molar-refractivity contribution in [2.75, 3.05) is 13.1 Å². The Morgan fingerprint density at radius 2 is 1.89 bits per heavy atom. The molecule has 2 aromatic heterocycles. The third kappa shape index (κ3) is 4.59. The summed E-state index contributed by atoms with van der Waals surface area (Å²) in [5, 5.41) is 11.6. The topological polar surface area (TPSA) is 58.9 Å². The van der Waals surface area contributed by atoms with Gasteiger partial charge < -0.3 is 5.32 Å². The van der Waals surface area contributed by atoms with Gasteiger partial charge in [0.15, 0.2) is 0 Å². The molecule has 1 aromatic carbocycles. The van der Waals surface area contributed by atoms with E-state index < -0.39 is 0 Å². The quantitative estimate of drug-likeness (QED) is 0.730. The first-order valence-corrected chi connectivity index (χ1v) is 9.61. The molecule has 1 N–H and O–H groups in total. The van der Waals surface area contributed by atoms with Crippen LogP contribution in [0.3, 0.4) is 0 Å². The Morgan fingerprint density at radius 1 is 1.07 bits per heavy atom. The number of hydrogen-bond donors (Lipinski definition) is 1. The van der Waals surface area contributed by atoms with Gasteiger partial charge in [-0.2, -0.15) is 0 Å². The van der Waals surface area contributed by atoms with E-state index in [4.69, 9.17) is 0 Å². The number of nitrogens with one attached hydrogen (secondary N) is 1. The van der Waals surface area contributed by atoms with E-state index in [9.17, 15) is 0 Å². The molecule has 6 nitrogen and oxygen atoms in total. The van der Waals surface area contributed by atoms with Gasteiger partial charge in [-0.1, -0.05) is 18.2 Å². The summed E-state index contributed by atoms with van der Waals surface area (Å²) >= 11 is 0. The van der Waals surface area contributed by atoms with Gasteiger partial charge in [-0.3, -0.25) is 14.5 Å². The second-order valence-corrected chi connectivity index (χ2v) is 7.22. The average Bonchev–Trinajstić information content (AvgIpc) is 3.25. The van der Waals surface area contributed by atoms with Crippen LogP contribution < -0.4 is 5.32 Å². The predicted molar refractivity (Wildman–Crippen MR) is 105 cm³/mol. The van der Waals surface area contributed by atoms with Gasteiger partial charge in [-0.25, -0.2) is 0 Å². The first-order chi connectivity index (χ1) is 13.3. The fraction of sp³-hybridized carbons (Fsp3) is 0.381. The van der Waals surface area contributed by atoms with E-state index in [2.05, 4.69) is 68.7 Å². The van der Waals surface area contributed by atoms with Gasteiger partial charge in [0, 0.05) is 43.6 Å². The highest BCUT2D eigenvalue weighted by atomic mass is 15.2. The number of likely N-dealkylation sites (tertiary alicyclic amines) is 1. The highest BCUT2D eigenvalue weighted by molar-refractivity contribution is 5.36. The molecule has 4 rings (SSSR count). The monoisotopic (exact) mass is 362 g/mol. The van der Waals surface area contributed by atoms with Crippen molar-refractivity contribution in [2.45, 2.75) is 38.4 Å². The van der Waals surface area contributed by atoms with Crippen molar-refractivity contribution in [3.05, 3.63) is 72.6 Å². The summed E-state index contributed by atoms with van der Waals surface area (Å²) in [4.78, 5) is 6.94. The zero-order chi connectivity index (χ0) is 18.5. The smallest absolute Gasteiger partial charge is 0.123 e. The third-order valence-corrected chi connectivity index (χ3v) is 5.27. The van der Waals surface area contributed by atoms with Gasteiger partial charge in [-0.05, 0) is 49.6 Å². The van der Waals surface area contributed by atoms with Gasteiger partial charge in [0.25, 0.3) is 0 Å². The molecule has 0 amide bonds. The van der Waals surface area contributed by atoms with E-state index in [0.29, 0.717) is 12.1 Å². The minimum atomic E-state index is 0.314. The Balaban J connectivity index is 1.31. The van der Waals surface area contributed by atoms with Crippen LogP contribution in [0.15, 0.2) is 61.3 Å². The lowest BCUT2D eigenvalue weighted by Crippen LogP contribution is -2.43. The Morgan fingerprint density at radius 3 is 2.63 bits per heavy atom. The van der Waals surface area contributed by atoms with Crippen molar-refractivity contribution in [1.82, 2.24) is 30.0 Å². The van der Waals surface area contributed by atoms with E-state index in [1.165, 1.54) is 18.4 Å². The molecule has 0 bridgehead atoms. The average molecular weight is 362 g/mol. The summed E-state index contributed by atoms with van der Waals surface area (Å²) in [5.74, 6) is 0. The van der Waals surface area contributed by atoms with Gasteiger partial charge in [0.2, 0.25) is 0 Å². The van der Waals surface area contributed by atoms with Gasteiger partial charge >= 0.3 is 0 Å². The van der Waals surface area contributed by atoms with Crippen LogP contribution in [0, 0.1) is 0 Å². The normalized spacial score (nSPS) is 17.1. The van der Waals surface area contributed by atoms with E-state index in [-0.39, 0.29) is 0 Å². The first-order valence-electron chi connectivity index (χ1n) is 9.61. The number of benzene rings is 1. The van der Waals surface area contributed by atoms with E-state index in [1.807, 2.05) is 16.8 Å². The van der Waals surface area contributed by atoms with Crippen molar-refractivity contribution in [3.8, 4) is 5.69 Å². The highest BCUT2D eigenvalue weighted by Gasteiger charge is 2.21. The predicted octanol–water partition coefficient (Wildman–Crippen LogP) is 2.98. The minimum Gasteiger partial charge on any atom is -0.307 e. The molecular weight excluding hydrogens is 336 g/mol. The fourth-order valence-electron chi connectivity index (χ4n) is 3.72. The Kier molecular flexibility index (Phi) is 5.55. The van der Waals surface area contributed by atoms with Crippen LogP contribution in [0.5, 0.6) is 0 Å². The zero-order valence-electron chi connectivity index (χ0n) is 15.7. The fourth-order valence-corrected chi connectivity index (χ4v) is 3.72. The van der Waals surface area contributed by atoms with Crippen LogP contribution in [0.2, 0.25) is 0 Å². The molecule has 1 unspecified atom stereocenters. The SMILES string of the molecule is CC(NC1CCN(Cc2ccccn2)CC1)c1cccc(-n2cnnc2)c1. The summed E-state index contributed by atoms with van der Waals surface area (Å²) in [6.45, 7) is 5.42. The van der Waals surface area contributed by atoms with Crippen molar-refractivity contribution >= 4 is 0 Å². The molecule has 27 heavy (non-hydrogen) atoms. The molecule has 0 radical (unpaired) electrons. The van der Waals surface area contributed by atoms with Crippen LogP contribution >= 0.6 is 0 Å². The maximum atomic E-state index is 4.44. The summed E-state index contributed by atoms with van der Waals surface area (Å²) in [6, 6.07) is 15.6. The van der Waals surface area contributed by atoms with Gasteiger partial charge in [0.05, 0.1) is 5.69 Å². The molecule has 1 aliphatic rings. The first kappa shape index (κ1) is 17.8. The van der Waals surface area contributed by atoms with Crippen LogP contribution in [-0.4, -0.2) is 43.8 Å². The second-order valence-electron chi connectivity index (χ2n) is 7.22. The van der Waals surface area contributed by atoms with Gasteiger partial charge in [0.1, 0.15) is 12.7 Å². The molecule has 0 aliphatic carbocycles. The molecule has 6 heteroatoms. The summed E-state index contributed by atoms with van der Waals surface area (Å²) in [5.41, 5.74) is 3.54. The molecule has 1 atom stereocenters. The standard InChI is InChI=1S/C21H26N6/c1-17(18-5-4-7-21(13-18)27-15-23-24-16-27)25-19-8-11-26(12-9-19)14-20-6-2-3-10-22-20/h2-7,10,13,15-17,19,25H,8-9,11-12,14H2,1H3. The molecule has 1 aliphatic heterocycles. The molecule has 3 heterocycles. The lowest BCUT2D eigenvalue weighted by molar-refractivity contribution is 0.183. The molecule has 1 fully saturated rings. The summed E-state index contributed by atoms with van der Waals surface area (Å²) in [6.07, 6.45) is 7.67. The Hall–Kier alpha value is -2.57. The van der Waals surface area contributed by atoms with Crippen LogP contribution in [0.4, 0.5) is 0 Å². The minimum absolute atomic E-state index is 0.314. The van der Waals surface area contributed by atoms with Crippen LogP contribution in [0.1, 0.15) is 37.1 Å². The number of piperidine rings is 1. The molecule has 140 valence electrons.